The summed E-state index contributed by atoms with van der Waals surface area (Å²) in [6, 6.07) is 12.7. The van der Waals surface area contributed by atoms with Crippen LogP contribution in [0.4, 0.5) is 17.3 Å². The van der Waals surface area contributed by atoms with Gasteiger partial charge in [0, 0.05) is 17.6 Å². The number of benzene rings is 2. The third-order valence-electron chi connectivity index (χ3n) is 7.34. The standard InChI is InChI=1S/C28H32BrN5O/c1-17-15-20(8-9-21(17)18-11-13-30-14-12-18)32-27-31-16-22(29)23(34-27)10-7-19-5-4-6-24-25(19)28(2,3)26(35)33-24/h4-6,8-9,15-16,18,30H,7,10-14H2,1-3H3,(H,33,35)(H,31,32,34). The fourth-order valence-electron chi connectivity index (χ4n) is 5.41. The van der Waals surface area contributed by atoms with E-state index in [1.807, 2.05) is 32.2 Å². The van der Waals surface area contributed by atoms with E-state index in [9.17, 15) is 4.79 Å². The van der Waals surface area contributed by atoms with Crippen LogP contribution in [0.25, 0.3) is 0 Å². The van der Waals surface area contributed by atoms with Crippen molar-refractivity contribution in [1.82, 2.24) is 15.3 Å². The zero-order chi connectivity index (χ0) is 24.6. The highest BCUT2D eigenvalue weighted by Crippen LogP contribution is 2.40. The Morgan fingerprint density at radius 1 is 1.14 bits per heavy atom. The molecule has 2 aliphatic heterocycles. The molecule has 2 aromatic carbocycles. The van der Waals surface area contributed by atoms with Crippen LogP contribution in [0, 0.1) is 6.92 Å². The molecule has 3 heterocycles. The van der Waals surface area contributed by atoms with Crippen molar-refractivity contribution in [3.63, 3.8) is 0 Å². The Kier molecular flexibility index (Phi) is 6.64. The number of aryl methyl sites for hydroxylation is 3. The average Bonchev–Trinajstić information content (AvgIpc) is 3.08. The molecule has 1 aromatic heterocycles. The smallest absolute Gasteiger partial charge is 0.234 e. The van der Waals surface area contributed by atoms with Crippen LogP contribution < -0.4 is 16.0 Å². The second kappa shape index (κ2) is 9.70. The Balaban J connectivity index is 1.31. The molecule has 7 heteroatoms. The van der Waals surface area contributed by atoms with E-state index < -0.39 is 5.41 Å². The number of amides is 1. The Morgan fingerprint density at radius 2 is 1.94 bits per heavy atom. The zero-order valence-electron chi connectivity index (χ0n) is 20.5. The summed E-state index contributed by atoms with van der Waals surface area (Å²) >= 11 is 3.62. The van der Waals surface area contributed by atoms with Gasteiger partial charge in [0.25, 0.3) is 0 Å². The number of hydrogen-bond acceptors (Lipinski definition) is 5. The largest absolute Gasteiger partial charge is 0.325 e. The summed E-state index contributed by atoms with van der Waals surface area (Å²) in [6.45, 7) is 8.35. The molecular formula is C28H32BrN5O. The summed E-state index contributed by atoms with van der Waals surface area (Å²) in [5, 5.41) is 9.85. The maximum atomic E-state index is 12.4. The highest BCUT2D eigenvalue weighted by atomic mass is 79.9. The van der Waals surface area contributed by atoms with Crippen molar-refractivity contribution in [3.8, 4) is 0 Å². The van der Waals surface area contributed by atoms with Crippen LogP contribution in [-0.2, 0) is 23.1 Å². The molecular weight excluding hydrogens is 502 g/mol. The van der Waals surface area contributed by atoms with Crippen LogP contribution in [-0.4, -0.2) is 29.0 Å². The van der Waals surface area contributed by atoms with Crippen molar-refractivity contribution in [2.45, 2.75) is 57.8 Å². The first-order valence-electron chi connectivity index (χ1n) is 12.4. The zero-order valence-corrected chi connectivity index (χ0v) is 22.1. The first-order valence-corrected chi connectivity index (χ1v) is 13.2. The molecule has 1 amide bonds. The van der Waals surface area contributed by atoms with Gasteiger partial charge in [-0.1, -0.05) is 18.2 Å². The predicted molar refractivity (Wildman–Crippen MR) is 145 cm³/mol. The third kappa shape index (κ3) is 4.84. The molecule has 0 aliphatic carbocycles. The summed E-state index contributed by atoms with van der Waals surface area (Å²) in [7, 11) is 0. The van der Waals surface area contributed by atoms with Gasteiger partial charge >= 0.3 is 0 Å². The minimum Gasteiger partial charge on any atom is -0.325 e. The maximum absolute atomic E-state index is 12.4. The van der Waals surface area contributed by atoms with Crippen LogP contribution in [0.2, 0.25) is 0 Å². The minimum atomic E-state index is -0.528. The summed E-state index contributed by atoms with van der Waals surface area (Å²) in [4.78, 5) is 21.7. The summed E-state index contributed by atoms with van der Waals surface area (Å²) in [6.07, 6.45) is 5.73. The third-order valence-corrected chi connectivity index (χ3v) is 8.01. The van der Waals surface area contributed by atoms with Crippen molar-refractivity contribution < 1.29 is 4.79 Å². The Labute approximate surface area is 215 Å². The summed E-state index contributed by atoms with van der Waals surface area (Å²) < 4.78 is 0.890. The van der Waals surface area contributed by atoms with E-state index in [2.05, 4.69) is 68.1 Å². The van der Waals surface area contributed by atoms with Gasteiger partial charge in [0.15, 0.2) is 0 Å². The van der Waals surface area contributed by atoms with Gasteiger partial charge in [-0.05, 0) is 122 Å². The van der Waals surface area contributed by atoms with E-state index in [0.717, 1.165) is 53.0 Å². The second-order valence-electron chi connectivity index (χ2n) is 10.1. The summed E-state index contributed by atoms with van der Waals surface area (Å²) in [5.41, 5.74) is 7.36. The number of carbonyl (C=O) groups is 1. The number of nitrogens with zero attached hydrogens (tertiary/aromatic N) is 2. The van der Waals surface area contributed by atoms with Gasteiger partial charge < -0.3 is 16.0 Å². The number of piperidine rings is 1. The van der Waals surface area contributed by atoms with Gasteiger partial charge in [0.2, 0.25) is 11.9 Å². The molecule has 6 nitrogen and oxygen atoms in total. The molecule has 1 fully saturated rings. The first-order chi connectivity index (χ1) is 16.8. The number of halogens is 1. The Bertz CT molecular complexity index is 1270. The highest BCUT2D eigenvalue weighted by molar-refractivity contribution is 9.10. The molecule has 0 radical (unpaired) electrons. The van der Waals surface area contributed by atoms with Gasteiger partial charge in [-0.25, -0.2) is 9.97 Å². The lowest BCUT2D eigenvalue weighted by atomic mass is 9.82. The number of carbonyl (C=O) groups excluding carboxylic acids is 1. The molecule has 5 rings (SSSR count). The van der Waals surface area contributed by atoms with Crippen LogP contribution in [0.1, 0.15) is 60.6 Å². The van der Waals surface area contributed by atoms with Crippen molar-refractivity contribution in [3.05, 3.63) is 75.0 Å². The number of nitrogens with one attached hydrogen (secondary N) is 3. The van der Waals surface area contributed by atoms with Crippen LogP contribution >= 0.6 is 15.9 Å². The van der Waals surface area contributed by atoms with Gasteiger partial charge in [0.1, 0.15) is 0 Å². The van der Waals surface area contributed by atoms with Crippen molar-refractivity contribution in [2.75, 3.05) is 23.7 Å². The van der Waals surface area contributed by atoms with E-state index in [1.165, 1.54) is 29.5 Å². The fraction of sp³-hybridized carbons (Fsp3) is 0.393. The fourth-order valence-corrected chi connectivity index (χ4v) is 5.80. The van der Waals surface area contributed by atoms with Crippen molar-refractivity contribution >= 4 is 39.2 Å². The normalized spacial score (nSPS) is 17.2. The molecule has 35 heavy (non-hydrogen) atoms. The van der Waals surface area contributed by atoms with Gasteiger partial charge in [0.05, 0.1) is 15.6 Å². The lowest BCUT2D eigenvalue weighted by Gasteiger charge is -2.24. The van der Waals surface area contributed by atoms with Crippen LogP contribution in [0.3, 0.4) is 0 Å². The van der Waals surface area contributed by atoms with Gasteiger partial charge in [-0.15, -0.1) is 0 Å². The molecule has 0 unspecified atom stereocenters. The molecule has 0 saturated carbocycles. The number of anilines is 3. The van der Waals surface area contributed by atoms with E-state index in [4.69, 9.17) is 4.98 Å². The van der Waals surface area contributed by atoms with Crippen molar-refractivity contribution in [1.29, 1.82) is 0 Å². The predicted octanol–water partition coefficient (Wildman–Crippen LogP) is 5.77. The topological polar surface area (TPSA) is 78.9 Å². The average molecular weight is 535 g/mol. The number of aromatic nitrogens is 2. The Hall–Kier alpha value is -2.77. The lowest BCUT2D eigenvalue weighted by molar-refractivity contribution is -0.119. The van der Waals surface area contributed by atoms with Crippen LogP contribution in [0.15, 0.2) is 47.1 Å². The quantitative estimate of drug-likeness (QED) is 0.374. The van der Waals surface area contributed by atoms with E-state index in [-0.39, 0.29) is 5.91 Å². The molecule has 3 N–H and O–H groups in total. The lowest BCUT2D eigenvalue weighted by Crippen LogP contribution is -2.27. The molecule has 0 atom stereocenters. The SMILES string of the molecule is Cc1cc(Nc2ncc(Br)c(CCc3cccc4c3C(C)(C)C(=O)N4)n2)ccc1C1CCNCC1. The highest BCUT2D eigenvalue weighted by Gasteiger charge is 2.39. The van der Waals surface area contributed by atoms with E-state index >= 15 is 0 Å². The number of hydrogen-bond donors (Lipinski definition) is 3. The molecule has 0 spiro atoms. The molecule has 2 aliphatic rings. The molecule has 3 aromatic rings. The van der Waals surface area contributed by atoms with Gasteiger partial charge in [-0.3, -0.25) is 4.79 Å². The molecule has 182 valence electrons. The Morgan fingerprint density at radius 3 is 2.71 bits per heavy atom. The van der Waals surface area contributed by atoms with E-state index in [0.29, 0.717) is 11.9 Å². The number of rotatable bonds is 6. The van der Waals surface area contributed by atoms with E-state index in [1.54, 1.807) is 0 Å². The number of fused-ring (bicyclic) bond motifs is 1. The second-order valence-corrected chi connectivity index (χ2v) is 11.0. The monoisotopic (exact) mass is 533 g/mol. The molecule has 1 saturated heterocycles. The molecule has 0 bridgehead atoms. The first kappa shape index (κ1) is 23.9. The minimum absolute atomic E-state index is 0.0520. The maximum Gasteiger partial charge on any atom is 0.234 e. The van der Waals surface area contributed by atoms with Crippen molar-refractivity contribution in [2.24, 2.45) is 0 Å². The summed E-state index contributed by atoms with van der Waals surface area (Å²) in [5.74, 6) is 1.28. The van der Waals surface area contributed by atoms with Gasteiger partial charge in [-0.2, -0.15) is 0 Å². The van der Waals surface area contributed by atoms with Crippen LogP contribution in [0.5, 0.6) is 0 Å².